The molecule has 5 nitrogen and oxygen atoms in total. The number of carbonyl (C=O) groups is 2. The van der Waals surface area contributed by atoms with E-state index in [0.717, 1.165) is 5.56 Å². The first kappa shape index (κ1) is 14.5. The molecule has 1 heterocycles. The third-order valence-electron chi connectivity index (χ3n) is 2.71. The van der Waals surface area contributed by atoms with E-state index in [1.54, 1.807) is 54.9 Å². The van der Waals surface area contributed by atoms with Gasteiger partial charge in [-0.2, -0.15) is 0 Å². The largest absolute Gasteiger partial charge is 0.465 e. The van der Waals surface area contributed by atoms with Crippen LogP contribution >= 0.6 is 0 Å². The number of benzene rings is 1. The van der Waals surface area contributed by atoms with Gasteiger partial charge in [0.25, 0.3) is 0 Å². The van der Waals surface area contributed by atoms with Crippen LogP contribution in [0.5, 0.6) is 0 Å². The number of nitrogens with one attached hydrogen (secondary N) is 1. The molecule has 1 aromatic carbocycles. The Hall–Kier alpha value is -2.95. The Morgan fingerprint density at radius 1 is 1.10 bits per heavy atom. The highest BCUT2D eigenvalue weighted by Crippen LogP contribution is 2.08. The van der Waals surface area contributed by atoms with Crippen LogP contribution in [0.1, 0.15) is 15.9 Å². The summed E-state index contributed by atoms with van der Waals surface area (Å²) in [5.74, 6) is -0.626. The van der Waals surface area contributed by atoms with Crippen LogP contribution in [0.3, 0.4) is 0 Å². The molecular weight excluding hydrogens is 268 g/mol. The van der Waals surface area contributed by atoms with Crippen LogP contribution in [0.4, 0.5) is 5.69 Å². The minimum absolute atomic E-state index is 0.238. The zero-order valence-corrected chi connectivity index (χ0v) is 11.4. The van der Waals surface area contributed by atoms with Crippen LogP contribution in [-0.2, 0) is 9.53 Å². The zero-order chi connectivity index (χ0) is 15.1. The van der Waals surface area contributed by atoms with Gasteiger partial charge < -0.3 is 10.1 Å². The third-order valence-corrected chi connectivity index (χ3v) is 2.71. The van der Waals surface area contributed by atoms with Crippen molar-refractivity contribution < 1.29 is 14.3 Å². The third kappa shape index (κ3) is 4.28. The molecule has 0 spiro atoms. The van der Waals surface area contributed by atoms with Gasteiger partial charge >= 0.3 is 5.97 Å². The molecule has 0 bridgehead atoms. The van der Waals surface area contributed by atoms with E-state index >= 15 is 0 Å². The van der Waals surface area contributed by atoms with E-state index < -0.39 is 0 Å². The maximum atomic E-state index is 11.7. The Bertz CT molecular complexity index is 649. The topological polar surface area (TPSA) is 68.3 Å². The summed E-state index contributed by atoms with van der Waals surface area (Å²) >= 11 is 0. The van der Waals surface area contributed by atoms with E-state index in [2.05, 4.69) is 15.0 Å². The van der Waals surface area contributed by atoms with E-state index in [4.69, 9.17) is 0 Å². The predicted molar refractivity (Wildman–Crippen MR) is 79.7 cm³/mol. The average Bonchev–Trinajstić information content (AvgIpc) is 2.53. The summed E-state index contributed by atoms with van der Waals surface area (Å²) < 4.78 is 4.61. The van der Waals surface area contributed by atoms with Crippen molar-refractivity contribution in [3.05, 3.63) is 66.0 Å². The zero-order valence-electron chi connectivity index (χ0n) is 11.4. The molecule has 0 saturated heterocycles. The molecule has 2 rings (SSSR count). The maximum absolute atomic E-state index is 11.7. The van der Waals surface area contributed by atoms with Crippen LogP contribution in [0, 0.1) is 0 Å². The molecule has 0 aliphatic carbocycles. The molecule has 21 heavy (non-hydrogen) atoms. The Morgan fingerprint density at radius 3 is 2.38 bits per heavy atom. The van der Waals surface area contributed by atoms with Gasteiger partial charge in [-0.1, -0.05) is 12.1 Å². The molecule has 0 radical (unpaired) electrons. The number of carbonyl (C=O) groups excluding carboxylic acids is 2. The minimum Gasteiger partial charge on any atom is -0.465 e. The van der Waals surface area contributed by atoms with Crippen molar-refractivity contribution in [2.75, 3.05) is 12.4 Å². The summed E-state index contributed by atoms with van der Waals surface area (Å²) in [5.41, 5.74) is 1.96. The SMILES string of the molecule is COC(=O)c1ccc(/C=C/C(=O)Nc2ccncc2)cc1. The first-order valence-corrected chi connectivity index (χ1v) is 6.26. The number of anilines is 1. The molecule has 0 unspecified atom stereocenters. The highest BCUT2D eigenvalue weighted by atomic mass is 16.5. The van der Waals surface area contributed by atoms with Crippen molar-refractivity contribution in [1.82, 2.24) is 4.98 Å². The van der Waals surface area contributed by atoms with Gasteiger partial charge in [0, 0.05) is 24.2 Å². The molecule has 1 amide bonds. The average molecular weight is 282 g/mol. The van der Waals surface area contributed by atoms with Crippen molar-refractivity contribution in [2.45, 2.75) is 0 Å². The Kier molecular flexibility index (Phi) is 4.82. The van der Waals surface area contributed by atoms with Gasteiger partial charge in [-0.25, -0.2) is 4.79 Å². The molecule has 1 N–H and O–H groups in total. The number of amides is 1. The molecule has 2 aromatic rings. The number of methoxy groups -OCH3 is 1. The normalized spacial score (nSPS) is 10.3. The van der Waals surface area contributed by atoms with Gasteiger partial charge in [-0.15, -0.1) is 0 Å². The van der Waals surface area contributed by atoms with Crippen molar-refractivity contribution in [1.29, 1.82) is 0 Å². The lowest BCUT2D eigenvalue weighted by Crippen LogP contribution is -2.07. The lowest BCUT2D eigenvalue weighted by Gasteiger charge is -2.01. The van der Waals surface area contributed by atoms with Crippen LogP contribution in [0.2, 0.25) is 0 Å². The number of rotatable bonds is 4. The highest BCUT2D eigenvalue weighted by Gasteiger charge is 2.03. The summed E-state index contributed by atoms with van der Waals surface area (Å²) in [4.78, 5) is 26.9. The van der Waals surface area contributed by atoms with E-state index in [1.807, 2.05) is 0 Å². The molecular formula is C16H14N2O3. The number of ether oxygens (including phenoxy) is 1. The van der Waals surface area contributed by atoms with Crippen molar-refractivity contribution >= 4 is 23.6 Å². The van der Waals surface area contributed by atoms with Gasteiger partial charge in [0.05, 0.1) is 12.7 Å². The second kappa shape index (κ2) is 7.00. The molecule has 0 fully saturated rings. The lowest BCUT2D eigenvalue weighted by molar-refractivity contribution is -0.111. The standard InChI is InChI=1S/C16H14N2O3/c1-21-16(20)13-5-2-12(3-6-13)4-7-15(19)18-14-8-10-17-11-9-14/h2-11H,1H3,(H,17,18,19)/b7-4+. The summed E-state index contributed by atoms with van der Waals surface area (Å²) in [7, 11) is 1.33. The van der Waals surface area contributed by atoms with Crippen molar-refractivity contribution in [2.24, 2.45) is 0 Å². The van der Waals surface area contributed by atoms with Crippen LogP contribution in [-0.4, -0.2) is 24.0 Å². The van der Waals surface area contributed by atoms with Crippen molar-refractivity contribution in [3.8, 4) is 0 Å². The first-order chi connectivity index (χ1) is 10.2. The Morgan fingerprint density at radius 2 is 1.76 bits per heavy atom. The number of hydrogen-bond donors (Lipinski definition) is 1. The molecule has 0 aliphatic rings. The maximum Gasteiger partial charge on any atom is 0.337 e. The van der Waals surface area contributed by atoms with Gasteiger partial charge in [-0.05, 0) is 35.9 Å². The highest BCUT2D eigenvalue weighted by molar-refractivity contribution is 6.01. The second-order valence-corrected chi connectivity index (χ2v) is 4.17. The lowest BCUT2D eigenvalue weighted by atomic mass is 10.1. The smallest absolute Gasteiger partial charge is 0.337 e. The number of hydrogen-bond acceptors (Lipinski definition) is 4. The van der Waals surface area contributed by atoms with Crippen LogP contribution < -0.4 is 5.32 Å². The monoisotopic (exact) mass is 282 g/mol. The van der Waals surface area contributed by atoms with Crippen LogP contribution in [0.15, 0.2) is 54.9 Å². The molecule has 1 aromatic heterocycles. The van der Waals surface area contributed by atoms with Gasteiger partial charge in [0.1, 0.15) is 0 Å². The molecule has 5 heteroatoms. The van der Waals surface area contributed by atoms with E-state index in [-0.39, 0.29) is 11.9 Å². The summed E-state index contributed by atoms with van der Waals surface area (Å²) in [6.07, 6.45) is 6.29. The molecule has 0 aliphatic heterocycles. The Labute approximate surface area is 122 Å². The summed E-state index contributed by atoms with van der Waals surface area (Å²) in [5, 5.41) is 2.71. The number of esters is 1. The van der Waals surface area contributed by atoms with E-state index in [0.29, 0.717) is 11.3 Å². The molecule has 0 saturated carbocycles. The van der Waals surface area contributed by atoms with E-state index in [1.165, 1.54) is 13.2 Å². The minimum atomic E-state index is -0.388. The fourth-order valence-electron chi connectivity index (χ4n) is 1.64. The summed E-state index contributed by atoms with van der Waals surface area (Å²) in [6, 6.07) is 10.2. The summed E-state index contributed by atoms with van der Waals surface area (Å²) in [6.45, 7) is 0. The fraction of sp³-hybridized carbons (Fsp3) is 0.0625. The van der Waals surface area contributed by atoms with Crippen LogP contribution in [0.25, 0.3) is 6.08 Å². The number of aromatic nitrogens is 1. The second-order valence-electron chi connectivity index (χ2n) is 4.17. The van der Waals surface area contributed by atoms with E-state index in [9.17, 15) is 9.59 Å². The van der Waals surface area contributed by atoms with Gasteiger partial charge in [-0.3, -0.25) is 9.78 Å². The number of nitrogens with zero attached hydrogens (tertiary/aromatic N) is 1. The van der Waals surface area contributed by atoms with Crippen molar-refractivity contribution in [3.63, 3.8) is 0 Å². The Balaban J connectivity index is 1.97. The fourth-order valence-corrected chi connectivity index (χ4v) is 1.64. The predicted octanol–water partition coefficient (Wildman–Crippen LogP) is 2.52. The molecule has 106 valence electrons. The molecule has 0 atom stereocenters. The number of pyridine rings is 1. The van der Waals surface area contributed by atoms with Gasteiger partial charge in [0.2, 0.25) is 5.91 Å². The van der Waals surface area contributed by atoms with Gasteiger partial charge in [0.15, 0.2) is 0 Å². The first-order valence-electron chi connectivity index (χ1n) is 6.26. The quantitative estimate of drug-likeness (QED) is 0.691.